The summed E-state index contributed by atoms with van der Waals surface area (Å²) in [4.78, 5) is 47.8. The van der Waals surface area contributed by atoms with E-state index in [2.05, 4.69) is 25.4 Å². The summed E-state index contributed by atoms with van der Waals surface area (Å²) in [7, 11) is 0. The maximum atomic E-state index is 12.7. The van der Waals surface area contributed by atoms with Gasteiger partial charge in [-0.2, -0.15) is 5.10 Å². The highest BCUT2D eigenvalue weighted by Gasteiger charge is 2.17. The lowest BCUT2D eigenvalue weighted by Crippen LogP contribution is -2.15. The molecular formula is C24H25N7O3. The molecule has 34 heavy (non-hydrogen) atoms. The van der Waals surface area contributed by atoms with E-state index in [1.807, 2.05) is 26.8 Å². The van der Waals surface area contributed by atoms with Crippen LogP contribution in [0.25, 0.3) is 17.0 Å². The molecule has 0 aliphatic rings. The van der Waals surface area contributed by atoms with E-state index in [0.717, 1.165) is 11.3 Å². The number of amides is 2. The van der Waals surface area contributed by atoms with E-state index >= 15 is 0 Å². The quantitative estimate of drug-likeness (QED) is 0.386. The van der Waals surface area contributed by atoms with Crippen molar-refractivity contribution in [3.05, 3.63) is 75.1 Å². The van der Waals surface area contributed by atoms with Crippen molar-refractivity contribution in [3.8, 4) is 11.4 Å². The molecule has 0 atom stereocenters. The summed E-state index contributed by atoms with van der Waals surface area (Å²) in [6.07, 6.45) is 2.73. The highest BCUT2D eigenvalue weighted by molar-refractivity contribution is 5.98. The van der Waals surface area contributed by atoms with Crippen molar-refractivity contribution in [3.63, 3.8) is 0 Å². The second-order valence-electron chi connectivity index (χ2n) is 7.99. The molecule has 0 bridgehead atoms. The van der Waals surface area contributed by atoms with E-state index in [1.165, 1.54) is 12.3 Å². The Morgan fingerprint density at radius 1 is 1.18 bits per heavy atom. The first-order chi connectivity index (χ1) is 16.3. The number of hydrogen-bond donors (Lipinski definition) is 3. The van der Waals surface area contributed by atoms with E-state index in [1.54, 1.807) is 22.7 Å². The number of carbonyl (C=O) groups is 2. The van der Waals surface area contributed by atoms with Crippen LogP contribution in [0.3, 0.4) is 0 Å². The molecule has 174 valence electrons. The predicted molar refractivity (Wildman–Crippen MR) is 128 cm³/mol. The summed E-state index contributed by atoms with van der Waals surface area (Å²) in [5, 5.41) is 7.11. The average Bonchev–Trinajstić information content (AvgIpc) is 3.23. The Morgan fingerprint density at radius 2 is 1.97 bits per heavy atom. The molecule has 3 heterocycles. The third kappa shape index (κ3) is 4.56. The van der Waals surface area contributed by atoms with E-state index in [-0.39, 0.29) is 23.5 Å². The molecule has 2 amide bonds. The Hall–Kier alpha value is -4.34. The molecule has 4 rings (SSSR count). The van der Waals surface area contributed by atoms with Crippen LogP contribution in [0.4, 0.5) is 5.69 Å². The van der Waals surface area contributed by atoms with E-state index in [4.69, 9.17) is 5.73 Å². The normalized spacial score (nSPS) is 11.0. The minimum Gasteiger partial charge on any atom is -0.365 e. The number of H-pyrrole nitrogens is 1. The molecular weight excluding hydrogens is 434 g/mol. The number of fused-ring (bicyclic) bond motifs is 1. The minimum absolute atomic E-state index is 0.168. The third-order valence-electron chi connectivity index (χ3n) is 5.65. The molecule has 1 aromatic carbocycles. The standard InChI is InChI=1S/C24H25N7O3/c1-4-16-11-21(33)30-23(29-16)15-6-5-7-17(10-15)28-20(32)9-8-18-13(2)27-24-19(22(25)34)12-26-31(24)14(18)3/h5-7,10-12H,4,8-9H2,1-3H3,(H2,25,34)(H,28,32)(H,29,30,33). The molecule has 0 unspecified atom stereocenters. The number of nitrogens with zero attached hydrogens (tertiary/aromatic N) is 4. The number of aromatic amines is 1. The zero-order chi connectivity index (χ0) is 24.4. The fourth-order valence-corrected chi connectivity index (χ4v) is 3.88. The number of aryl methyl sites for hydroxylation is 3. The summed E-state index contributed by atoms with van der Waals surface area (Å²) in [5.74, 6) is -0.296. The van der Waals surface area contributed by atoms with Gasteiger partial charge in [0.05, 0.1) is 6.20 Å². The van der Waals surface area contributed by atoms with Crippen molar-refractivity contribution in [1.82, 2.24) is 24.6 Å². The number of primary amides is 1. The van der Waals surface area contributed by atoms with Gasteiger partial charge in [0.2, 0.25) is 5.91 Å². The van der Waals surface area contributed by atoms with Crippen LogP contribution in [-0.2, 0) is 17.6 Å². The molecule has 0 saturated carbocycles. The molecule has 4 aromatic rings. The van der Waals surface area contributed by atoms with Gasteiger partial charge in [0.25, 0.3) is 11.5 Å². The van der Waals surface area contributed by atoms with Gasteiger partial charge >= 0.3 is 0 Å². The SMILES string of the molecule is CCc1cc(=O)[nH]c(-c2cccc(NC(=O)CCc3c(C)nc4c(C(N)=O)cnn4c3C)c2)n1. The average molecular weight is 460 g/mol. The van der Waals surface area contributed by atoms with Crippen molar-refractivity contribution in [2.24, 2.45) is 5.73 Å². The van der Waals surface area contributed by atoms with Gasteiger partial charge < -0.3 is 16.0 Å². The van der Waals surface area contributed by atoms with Crippen LogP contribution in [0.1, 0.15) is 46.3 Å². The van der Waals surface area contributed by atoms with Crippen molar-refractivity contribution >= 4 is 23.1 Å². The van der Waals surface area contributed by atoms with Gasteiger partial charge in [-0.1, -0.05) is 19.1 Å². The Bertz CT molecular complexity index is 1470. The number of nitrogens with one attached hydrogen (secondary N) is 2. The fraction of sp³-hybridized carbons (Fsp3) is 0.250. The third-order valence-corrected chi connectivity index (χ3v) is 5.65. The highest BCUT2D eigenvalue weighted by Crippen LogP contribution is 2.21. The fourth-order valence-electron chi connectivity index (χ4n) is 3.88. The van der Waals surface area contributed by atoms with Gasteiger partial charge in [-0.25, -0.2) is 14.5 Å². The molecule has 10 nitrogen and oxygen atoms in total. The smallest absolute Gasteiger partial charge is 0.254 e. The number of nitrogens with two attached hydrogens (primary N) is 1. The lowest BCUT2D eigenvalue weighted by molar-refractivity contribution is -0.116. The number of aromatic nitrogens is 5. The highest BCUT2D eigenvalue weighted by atomic mass is 16.2. The summed E-state index contributed by atoms with van der Waals surface area (Å²) >= 11 is 0. The number of rotatable bonds is 7. The number of carbonyl (C=O) groups excluding carboxylic acids is 2. The molecule has 10 heteroatoms. The van der Waals surface area contributed by atoms with Gasteiger partial charge in [-0.05, 0) is 44.4 Å². The van der Waals surface area contributed by atoms with Crippen molar-refractivity contribution in [2.75, 3.05) is 5.32 Å². The summed E-state index contributed by atoms with van der Waals surface area (Å²) in [6.45, 7) is 5.63. The molecule has 0 aliphatic carbocycles. The molecule has 0 fully saturated rings. The summed E-state index contributed by atoms with van der Waals surface area (Å²) in [5.41, 5.74) is 10.3. The van der Waals surface area contributed by atoms with E-state index in [9.17, 15) is 14.4 Å². The zero-order valence-corrected chi connectivity index (χ0v) is 19.2. The molecule has 4 N–H and O–H groups in total. The number of anilines is 1. The van der Waals surface area contributed by atoms with Crippen LogP contribution >= 0.6 is 0 Å². The lowest BCUT2D eigenvalue weighted by Gasteiger charge is -2.12. The Balaban J connectivity index is 1.50. The monoisotopic (exact) mass is 459 g/mol. The topological polar surface area (TPSA) is 148 Å². The summed E-state index contributed by atoms with van der Waals surface area (Å²) < 4.78 is 1.57. The second kappa shape index (κ2) is 9.26. The van der Waals surface area contributed by atoms with Crippen LogP contribution in [0.2, 0.25) is 0 Å². The maximum Gasteiger partial charge on any atom is 0.254 e. The maximum absolute atomic E-state index is 12.7. The van der Waals surface area contributed by atoms with Gasteiger partial charge in [0.1, 0.15) is 11.4 Å². The van der Waals surface area contributed by atoms with Crippen molar-refractivity contribution < 1.29 is 9.59 Å². The van der Waals surface area contributed by atoms with Crippen LogP contribution in [0.15, 0.2) is 41.3 Å². The number of hydrogen-bond acceptors (Lipinski definition) is 6. The molecule has 0 aliphatic heterocycles. The first-order valence-electron chi connectivity index (χ1n) is 10.9. The second-order valence-corrected chi connectivity index (χ2v) is 7.99. The Morgan fingerprint density at radius 3 is 2.71 bits per heavy atom. The predicted octanol–water partition coefficient (Wildman–Crippen LogP) is 2.33. The van der Waals surface area contributed by atoms with E-state index < -0.39 is 5.91 Å². The Labute approximate surface area is 195 Å². The Kier molecular flexibility index (Phi) is 6.22. The molecule has 3 aromatic heterocycles. The van der Waals surface area contributed by atoms with Crippen molar-refractivity contribution in [1.29, 1.82) is 0 Å². The molecule has 0 radical (unpaired) electrons. The number of benzene rings is 1. The van der Waals surface area contributed by atoms with E-state index in [0.29, 0.717) is 47.0 Å². The first-order valence-corrected chi connectivity index (χ1v) is 10.9. The van der Waals surface area contributed by atoms with Crippen LogP contribution in [0, 0.1) is 13.8 Å². The van der Waals surface area contributed by atoms with Crippen LogP contribution < -0.4 is 16.6 Å². The largest absolute Gasteiger partial charge is 0.365 e. The van der Waals surface area contributed by atoms with Crippen LogP contribution in [0.5, 0.6) is 0 Å². The molecule has 0 spiro atoms. The summed E-state index contributed by atoms with van der Waals surface area (Å²) in [6, 6.07) is 8.65. The van der Waals surface area contributed by atoms with Crippen molar-refractivity contribution in [2.45, 2.75) is 40.0 Å². The van der Waals surface area contributed by atoms with Gasteiger partial charge in [-0.3, -0.25) is 14.4 Å². The molecule has 0 saturated heterocycles. The minimum atomic E-state index is -0.587. The first kappa shape index (κ1) is 22.8. The zero-order valence-electron chi connectivity index (χ0n) is 19.2. The van der Waals surface area contributed by atoms with Gasteiger partial charge in [0, 0.05) is 40.8 Å². The van der Waals surface area contributed by atoms with Gasteiger partial charge in [-0.15, -0.1) is 0 Å². The van der Waals surface area contributed by atoms with Gasteiger partial charge in [0.15, 0.2) is 5.65 Å². The lowest BCUT2D eigenvalue weighted by atomic mass is 10.1. The van der Waals surface area contributed by atoms with Crippen LogP contribution in [-0.4, -0.2) is 36.4 Å².